The number of aromatic nitrogens is 2. The van der Waals surface area contributed by atoms with Crippen LogP contribution in [0.1, 0.15) is 24.2 Å². The molecule has 1 aromatic heterocycles. The Morgan fingerprint density at radius 2 is 1.84 bits per heavy atom. The third-order valence-electron chi connectivity index (χ3n) is 2.80. The molecule has 0 aliphatic carbocycles. The largest absolute Gasteiger partial charge is 0.345 e. The van der Waals surface area contributed by atoms with Crippen LogP contribution in [-0.2, 0) is 4.79 Å². The third kappa shape index (κ3) is 3.13. The molecular weight excluding hydrogens is 242 g/mol. The minimum absolute atomic E-state index is 0.00827. The first-order valence-electron chi connectivity index (χ1n) is 6.09. The van der Waals surface area contributed by atoms with Crippen LogP contribution in [0.25, 0.3) is 11.0 Å². The molecule has 0 radical (unpaired) electrons. The molecule has 1 amide bonds. The van der Waals surface area contributed by atoms with Crippen LogP contribution in [-0.4, -0.2) is 28.2 Å². The molecule has 1 N–H and O–H groups in total. The van der Waals surface area contributed by atoms with E-state index in [0.717, 1.165) is 5.52 Å². The molecule has 98 valence electrons. The van der Waals surface area contributed by atoms with Gasteiger partial charge in [0.25, 0.3) is 5.91 Å². The van der Waals surface area contributed by atoms with E-state index < -0.39 is 0 Å². The van der Waals surface area contributed by atoms with Crippen LogP contribution in [0.2, 0.25) is 0 Å². The van der Waals surface area contributed by atoms with Gasteiger partial charge in [-0.2, -0.15) is 0 Å². The van der Waals surface area contributed by atoms with Gasteiger partial charge in [0, 0.05) is 23.9 Å². The van der Waals surface area contributed by atoms with Crippen molar-refractivity contribution in [2.75, 3.05) is 6.54 Å². The zero-order valence-corrected chi connectivity index (χ0v) is 10.9. The summed E-state index contributed by atoms with van der Waals surface area (Å²) in [5.74, 6) is -0.349. The second-order valence-corrected chi connectivity index (χ2v) is 4.56. The van der Waals surface area contributed by atoms with Crippen molar-refractivity contribution in [2.24, 2.45) is 5.92 Å². The van der Waals surface area contributed by atoms with E-state index in [-0.39, 0.29) is 24.2 Å². The quantitative estimate of drug-likeness (QED) is 0.902. The number of amides is 1. The summed E-state index contributed by atoms with van der Waals surface area (Å²) in [6, 6.07) is 5.07. The van der Waals surface area contributed by atoms with E-state index in [1.54, 1.807) is 44.4 Å². The van der Waals surface area contributed by atoms with Crippen molar-refractivity contribution in [3.05, 3.63) is 36.2 Å². The highest BCUT2D eigenvalue weighted by Gasteiger charge is 2.11. The number of hydrogen-bond donors (Lipinski definition) is 1. The van der Waals surface area contributed by atoms with Crippen molar-refractivity contribution in [1.82, 2.24) is 15.3 Å². The number of rotatable bonds is 4. The van der Waals surface area contributed by atoms with E-state index in [4.69, 9.17) is 0 Å². The number of carbonyl (C=O) groups is 2. The first kappa shape index (κ1) is 13.1. The number of fused-ring (bicyclic) bond motifs is 1. The fourth-order valence-electron chi connectivity index (χ4n) is 1.58. The number of carbonyl (C=O) groups excluding carboxylic acids is 2. The van der Waals surface area contributed by atoms with Gasteiger partial charge in [-0.3, -0.25) is 19.6 Å². The van der Waals surface area contributed by atoms with Gasteiger partial charge < -0.3 is 5.32 Å². The summed E-state index contributed by atoms with van der Waals surface area (Å²) in [6.45, 7) is 3.66. The maximum absolute atomic E-state index is 11.9. The van der Waals surface area contributed by atoms with E-state index in [1.807, 2.05) is 0 Å². The minimum atomic E-state index is -0.276. The molecule has 1 aromatic carbocycles. The molecule has 5 heteroatoms. The molecule has 0 saturated heterocycles. The Morgan fingerprint density at radius 3 is 2.53 bits per heavy atom. The van der Waals surface area contributed by atoms with Crippen molar-refractivity contribution in [3.8, 4) is 0 Å². The molecule has 1 heterocycles. The summed E-state index contributed by atoms with van der Waals surface area (Å²) in [6.07, 6.45) is 3.18. The average Bonchev–Trinajstić information content (AvgIpc) is 2.43. The van der Waals surface area contributed by atoms with Crippen molar-refractivity contribution in [3.63, 3.8) is 0 Å². The lowest BCUT2D eigenvalue weighted by atomic mass is 10.1. The van der Waals surface area contributed by atoms with E-state index in [1.165, 1.54) is 0 Å². The van der Waals surface area contributed by atoms with Gasteiger partial charge in [0.2, 0.25) is 0 Å². The highest BCUT2D eigenvalue weighted by atomic mass is 16.2. The summed E-state index contributed by atoms with van der Waals surface area (Å²) in [7, 11) is 0. The summed E-state index contributed by atoms with van der Waals surface area (Å²) in [5.41, 5.74) is 1.87. The number of benzene rings is 1. The Balaban J connectivity index is 2.11. The summed E-state index contributed by atoms with van der Waals surface area (Å²) in [4.78, 5) is 31.6. The van der Waals surface area contributed by atoms with Crippen molar-refractivity contribution in [2.45, 2.75) is 13.8 Å². The van der Waals surface area contributed by atoms with Gasteiger partial charge in [0.05, 0.1) is 17.6 Å². The van der Waals surface area contributed by atoms with Gasteiger partial charge in [-0.05, 0) is 18.2 Å². The monoisotopic (exact) mass is 257 g/mol. The van der Waals surface area contributed by atoms with Gasteiger partial charge in [-0.25, -0.2) is 0 Å². The first-order chi connectivity index (χ1) is 9.08. The maximum atomic E-state index is 11.9. The van der Waals surface area contributed by atoms with E-state index in [2.05, 4.69) is 15.3 Å². The van der Waals surface area contributed by atoms with Crippen molar-refractivity contribution in [1.29, 1.82) is 0 Å². The number of nitrogens with zero attached hydrogens (tertiary/aromatic N) is 2. The molecule has 5 nitrogen and oxygen atoms in total. The number of hydrogen-bond acceptors (Lipinski definition) is 4. The number of nitrogens with one attached hydrogen (secondary N) is 1. The molecule has 2 aromatic rings. The highest BCUT2D eigenvalue weighted by Crippen LogP contribution is 2.10. The lowest BCUT2D eigenvalue weighted by Crippen LogP contribution is -2.31. The Hall–Kier alpha value is -2.30. The highest BCUT2D eigenvalue weighted by molar-refractivity contribution is 5.99. The zero-order valence-electron chi connectivity index (χ0n) is 10.9. The van der Waals surface area contributed by atoms with Crippen LogP contribution in [0, 0.1) is 5.92 Å². The van der Waals surface area contributed by atoms with Crippen LogP contribution in [0.4, 0.5) is 0 Å². The lowest BCUT2D eigenvalue weighted by molar-refractivity contribution is -0.120. The predicted molar refractivity (Wildman–Crippen MR) is 71.7 cm³/mol. The van der Waals surface area contributed by atoms with Gasteiger partial charge >= 0.3 is 0 Å². The topological polar surface area (TPSA) is 72.0 Å². The third-order valence-corrected chi connectivity index (χ3v) is 2.80. The minimum Gasteiger partial charge on any atom is -0.345 e. The zero-order chi connectivity index (χ0) is 13.8. The summed E-state index contributed by atoms with van der Waals surface area (Å²) >= 11 is 0. The van der Waals surface area contributed by atoms with Gasteiger partial charge in [0.1, 0.15) is 0 Å². The van der Waals surface area contributed by atoms with Crippen LogP contribution in [0.5, 0.6) is 0 Å². The average molecular weight is 257 g/mol. The predicted octanol–water partition coefficient (Wildman–Crippen LogP) is 1.58. The summed E-state index contributed by atoms with van der Waals surface area (Å²) in [5, 5.41) is 2.61. The van der Waals surface area contributed by atoms with Gasteiger partial charge in [-0.15, -0.1) is 0 Å². The Bertz CT molecular complexity index is 623. The second kappa shape index (κ2) is 5.56. The fourth-order valence-corrected chi connectivity index (χ4v) is 1.58. The van der Waals surface area contributed by atoms with Gasteiger partial charge in [-0.1, -0.05) is 13.8 Å². The molecule has 2 rings (SSSR count). The Morgan fingerprint density at radius 1 is 1.16 bits per heavy atom. The maximum Gasteiger partial charge on any atom is 0.251 e. The van der Waals surface area contributed by atoms with Gasteiger partial charge in [0.15, 0.2) is 5.78 Å². The Kier molecular flexibility index (Phi) is 3.85. The molecule has 0 saturated carbocycles. The fraction of sp³-hybridized carbons (Fsp3) is 0.286. The standard InChI is InChI=1S/C14H15N3O2/c1-9(2)13(18)8-17-14(19)10-3-4-11-12(7-10)16-6-5-15-11/h3-7,9H,8H2,1-2H3,(H,17,19). The molecule has 0 aliphatic heterocycles. The molecule has 19 heavy (non-hydrogen) atoms. The van der Waals surface area contributed by atoms with E-state index in [9.17, 15) is 9.59 Å². The van der Waals surface area contributed by atoms with Crippen LogP contribution >= 0.6 is 0 Å². The van der Waals surface area contributed by atoms with E-state index in [0.29, 0.717) is 11.1 Å². The Labute approximate surface area is 111 Å². The summed E-state index contributed by atoms with van der Waals surface area (Å²) < 4.78 is 0. The first-order valence-corrected chi connectivity index (χ1v) is 6.09. The molecule has 0 bridgehead atoms. The van der Waals surface area contributed by atoms with Crippen LogP contribution in [0.3, 0.4) is 0 Å². The van der Waals surface area contributed by atoms with Crippen molar-refractivity contribution < 1.29 is 9.59 Å². The molecule has 0 unspecified atom stereocenters. The second-order valence-electron chi connectivity index (χ2n) is 4.56. The molecule has 0 atom stereocenters. The van der Waals surface area contributed by atoms with Crippen LogP contribution in [0.15, 0.2) is 30.6 Å². The van der Waals surface area contributed by atoms with Crippen LogP contribution < -0.4 is 5.32 Å². The van der Waals surface area contributed by atoms with E-state index >= 15 is 0 Å². The molecule has 0 spiro atoms. The number of ketones is 1. The normalized spacial score (nSPS) is 10.7. The lowest BCUT2D eigenvalue weighted by Gasteiger charge is -2.07. The molecule has 0 fully saturated rings. The SMILES string of the molecule is CC(C)C(=O)CNC(=O)c1ccc2nccnc2c1. The smallest absolute Gasteiger partial charge is 0.251 e. The molecular formula is C14H15N3O2. The van der Waals surface area contributed by atoms with Crippen molar-refractivity contribution >= 4 is 22.7 Å². The molecule has 0 aliphatic rings. The number of Topliss-reactive ketones (excluding diaryl/α,β-unsaturated/α-hetero) is 1.